The van der Waals surface area contributed by atoms with E-state index in [1.165, 1.54) is 13.0 Å². The number of nitrogens with one attached hydrogen (secondary N) is 2. The van der Waals surface area contributed by atoms with Gasteiger partial charge in [0.1, 0.15) is 5.82 Å². The number of amides is 3. The Labute approximate surface area is 187 Å². The van der Waals surface area contributed by atoms with Gasteiger partial charge >= 0.3 is 0 Å². The van der Waals surface area contributed by atoms with Crippen LogP contribution in [-0.2, 0) is 20.8 Å². The Hall–Kier alpha value is -3.22. The van der Waals surface area contributed by atoms with E-state index in [0.29, 0.717) is 30.8 Å². The second kappa shape index (κ2) is 9.10. The predicted octanol–water partition coefficient (Wildman–Crippen LogP) is 3.38. The summed E-state index contributed by atoms with van der Waals surface area (Å²) in [5, 5.41) is 6.03. The van der Waals surface area contributed by atoms with Gasteiger partial charge in [-0.05, 0) is 42.2 Å². The monoisotopic (exact) mass is 437 g/mol. The smallest absolute Gasteiger partial charge is 0.227 e. The van der Waals surface area contributed by atoms with Crippen LogP contribution in [0.3, 0.4) is 0 Å². The zero-order valence-corrected chi connectivity index (χ0v) is 18.2. The highest BCUT2D eigenvalue weighted by Gasteiger charge is 2.49. The standard InChI is InChI=1S/C25H28FN3O3/c1-17(30)27-20-9-6-8-18(13-20)21-15-29(16-25(21)12-5-4-11-23(31)28-25)24(32)14-19-7-2-3-10-22(19)26/h2-3,6-10,13,21H,4-5,11-12,14-16H2,1H3,(H,27,30)(H,28,31)/t21-,25+/m0/s1. The molecule has 2 N–H and O–H groups in total. The first-order chi connectivity index (χ1) is 15.4. The van der Waals surface area contributed by atoms with Gasteiger partial charge in [0.05, 0.1) is 12.0 Å². The minimum absolute atomic E-state index is 0.00563. The van der Waals surface area contributed by atoms with E-state index < -0.39 is 11.4 Å². The number of benzene rings is 2. The lowest BCUT2D eigenvalue weighted by Gasteiger charge is -2.35. The Kier molecular flexibility index (Phi) is 6.26. The lowest BCUT2D eigenvalue weighted by molar-refractivity contribution is -0.130. The molecular weight excluding hydrogens is 409 g/mol. The maximum atomic E-state index is 14.1. The molecule has 0 saturated carbocycles. The van der Waals surface area contributed by atoms with E-state index in [0.717, 1.165) is 24.8 Å². The minimum Gasteiger partial charge on any atom is -0.348 e. The number of carbonyl (C=O) groups is 3. The molecule has 2 heterocycles. The number of hydrogen-bond acceptors (Lipinski definition) is 3. The van der Waals surface area contributed by atoms with Crippen molar-refractivity contribution in [2.45, 2.75) is 50.5 Å². The van der Waals surface area contributed by atoms with E-state index in [1.54, 1.807) is 23.1 Å². The maximum absolute atomic E-state index is 14.1. The average molecular weight is 438 g/mol. The van der Waals surface area contributed by atoms with Crippen LogP contribution in [0.1, 0.15) is 49.7 Å². The van der Waals surface area contributed by atoms with Gasteiger partial charge in [0.15, 0.2) is 0 Å². The summed E-state index contributed by atoms with van der Waals surface area (Å²) in [5.41, 5.74) is 1.43. The van der Waals surface area contributed by atoms with Crippen molar-refractivity contribution in [3.05, 3.63) is 65.5 Å². The van der Waals surface area contributed by atoms with E-state index in [1.807, 2.05) is 24.3 Å². The first-order valence-electron chi connectivity index (χ1n) is 11.1. The fourth-order valence-corrected chi connectivity index (χ4v) is 4.99. The molecule has 0 radical (unpaired) electrons. The van der Waals surface area contributed by atoms with Gasteiger partial charge < -0.3 is 15.5 Å². The van der Waals surface area contributed by atoms with Crippen LogP contribution in [0.5, 0.6) is 0 Å². The molecule has 0 aliphatic carbocycles. The molecule has 2 aliphatic rings. The number of rotatable bonds is 4. The van der Waals surface area contributed by atoms with Crippen molar-refractivity contribution >= 4 is 23.4 Å². The fourth-order valence-electron chi connectivity index (χ4n) is 4.99. The number of carbonyl (C=O) groups excluding carboxylic acids is 3. The van der Waals surface area contributed by atoms with Crippen LogP contribution in [0.4, 0.5) is 10.1 Å². The van der Waals surface area contributed by atoms with Crippen LogP contribution in [0.15, 0.2) is 48.5 Å². The zero-order valence-electron chi connectivity index (χ0n) is 18.2. The van der Waals surface area contributed by atoms with E-state index in [-0.39, 0.29) is 30.1 Å². The Balaban J connectivity index is 1.64. The summed E-state index contributed by atoms with van der Waals surface area (Å²) in [6.45, 7) is 2.27. The number of hydrogen-bond donors (Lipinski definition) is 2. The summed E-state index contributed by atoms with van der Waals surface area (Å²) in [7, 11) is 0. The summed E-state index contributed by atoms with van der Waals surface area (Å²) in [4.78, 5) is 38.9. The molecule has 7 heteroatoms. The van der Waals surface area contributed by atoms with E-state index in [2.05, 4.69) is 10.6 Å². The lowest BCUT2D eigenvalue weighted by atomic mass is 9.79. The highest BCUT2D eigenvalue weighted by Crippen LogP contribution is 2.41. The van der Waals surface area contributed by atoms with Gasteiger partial charge in [-0.1, -0.05) is 36.8 Å². The largest absolute Gasteiger partial charge is 0.348 e. The quantitative estimate of drug-likeness (QED) is 0.770. The topological polar surface area (TPSA) is 78.5 Å². The van der Waals surface area contributed by atoms with Crippen LogP contribution in [-0.4, -0.2) is 41.2 Å². The van der Waals surface area contributed by atoms with Crippen molar-refractivity contribution < 1.29 is 18.8 Å². The van der Waals surface area contributed by atoms with E-state index in [4.69, 9.17) is 0 Å². The van der Waals surface area contributed by atoms with Gasteiger partial charge in [0.25, 0.3) is 0 Å². The Morgan fingerprint density at radius 2 is 2.00 bits per heavy atom. The molecule has 6 nitrogen and oxygen atoms in total. The van der Waals surface area contributed by atoms with Crippen molar-refractivity contribution in [2.24, 2.45) is 0 Å². The number of likely N-dealkylation sites (tertiary alicyclic amines) is 1. The SMILES string of the molecule is CC(=O)Nc1cccc([C@@H]2CN(C(=O)Cc3ccccc3F)C[C@]23CCCCC(=O)N3)c1. The second-order valence-electron chi connectivity index (χ2n) is 8.81. The third kappa shape index (κ3) is 4.66. The molecule has 1 spiro atoms. The Bertz CT molecular complexity index is 1040. The molecule has 4 rings (SSSR count). The first kappa shape index (κ1) is 22.0. The zero-order chi connectivity index (χ0) is 22.7. The molecule has 168 valence electrons. The number of halogens is 1. The molecule has 2 aromatic carbocycles. The summed E-state index contributed by atoms with van der Waals surface area (Å²) in [6.07, 6.45) is 2.92. The molecule has 2 aliphatic heterocycles. The predicted molar refractivity (Wildman–Crippen MR) is 120 cm³/mol. The van der Waals surface area contributed by atoms with Gasteiger partial charge in [-0.3, -0.25) is 14.4 Å². The molecule has 0 bridgehead atoms. The first-order valence-corrected chi connectivity index (χ1v) is 11.1. The van der Waals surface area contributed by atoms with Crippen molar-refractivity contribution in [3.8, 4) is 0 Å². The second-order valence-corrected chi connectivity index (χ2v) is 8.81. The Morgan fingerprint density at radius 1 is 1.19 bits per heavy atom. The highest BCUT2D eigenvalue weighted by atomic mass is 19.1. The fraction of sp³-hybridized carbons (Fsp3) is 0.400. The molecule has 0 aromatic heterocycles. The van der Waals surface area contributed by atoms with Gasteiger partial charge in [-0.25, -0.2) is 4.39 Å². The molecule has 2 atom stereocenters. The summed E-state index contributed by atoms with van der Waals surface area (Å²) >= 11 is 0. The van der Waals surface area contributed by atoms with Crippen molar-refractivity contribution in [1.82, 2.24) is 10.2 Å². The lowest BCUT2D eigenvalue weighted by Crippen LogP contribution is -2.53. The van der Waals surface area contributed by atoms with Gasteiger partial charge in [-0.15, -0.1) is 0 Å². The van der Waals surface area contributed by atoms with Crippen LogP contribution >= 0.6 is 0 Å². The van der Waals surface area contributed by atoms with Gasteiger partial charge in [0, 0.05) is 38.0 Å². The molecule has 2 saturated heterocycles. The highest BCUT2D eigenvalue weighted by molar-refractivity contribution is 5.88. The van der Waals surface area contributed by atoms with E-state index >= 15 is 0 Å². The summed E-state index contributed by atoms with van der Waals surface area (Å²) in [5.74, 6) is -0.838. The number of anilines is 1. The number of nitrogens with zero attached hydrogens (tertiary/aromatic N) is 1. The average Bonchev–Trinajstić information content (AvgIpc) is 3.01. The molecule has 3 amide bonds. The molecule has 2 aromatic rings. The third-order valence-electron chi connectivity index (χ3n) is 6.47. The van der Waals surface area contributed by atoms with Crippen LogP contribution in [0.2, 0.25) is 0 Å². The van der Waals surface area contributed by atoms with Gasteiger partial charge in [0.2, 0.25) is 17.7 Å². The van der Waals surface area contributed by atoms with E-state index in [9.17, 15) is 18.8 Å². The molecule has 2 fully saturated rings. The third-order valence-corrected chi connectivity index (χ3v) is 6.47. The maximum Gasteiger partial charge on any atom is 0.227 e. The van der Waals surface area contributed by atoms with Gasteiger partial charge in [-0.2, -0.15) is 0 Å². The van der Waals surface area contributed by atoms with Crippen molar-refractivity contribution in [1.29, 1.82) is 0 Å². The molecule has 0 unspecified atom stereocenters. The normalized spacial score (nSPS) is 23.0. The van der Waals surface area contributed by atoms with Crippen LogP contribution < -0.4 is 10.6 Å². The van der Waals surface area contributed by atoms with Crippen LogP contribution in [0.25, 0.3) is 0 Å². The van der Waals surface area contributed by atoms with Crippen molar-refractivity contribution in [3.63, 3.8) is 0 Å². The van der Waals surface area contributed by atoms with Crippen molar-refractivity contribution in [2.75, 3.05) is 18.4 Å². The molecular formula is C25H28FN3O3. The summed E-state index contributed by atoms with van der Waals surface area (Å²) < 4.78 is 14.1. The Morgan fingerprint density at radius 3 is 2.78 bits per heavy atom. The minimum atomic E-state index is -0.576. The molecule has 32 heavy (non-hydrogen) atoms. The van der Waals surface area contributed by atoms with Crippen LogP contribution in [0, 0.1) is 5.82 Å². The summed E-state index contributed by atoms with van der Waals surface area (Å²) in [6, 6.07) is 13.9.